The van der Waals surface area contributed by atoms with Crippen LogP contribution < -0.4 is 0 Å². The molecule has 0 aromatic heterocycles. The highest BCUT2D eigenvalue weighted by molar-refractivity contribution is 5.84. The van der Waals surface area contributed by atoms with E-state index >= 15 is 0 Å². The summed E-state index contributed by atoms with van der Waals surface area (Å²) in [7, 11) is 0. The quantitative estimate of drug-likeness (QED) is 0.649. The first-order valence-electron chi connectivity index (χ1n) is 11.3. The van der Waals surface area contributed by atoms with Gasteiger partial charge in [-0.3, -0.25) is 4.79 Å². The van der Waals surface area contributed by atoms with Crippen molar-refractivity contribution < 1.29 is 24.5 Å². The number of hydrogen-bond acceptors (Lipinski definition) is 5. The second kappa shape index (κ2) is 9.11. The largest absolute Gasteiger partial charge is 0.393 e. The average molecular weight is 399 g/mol. The Hall–Kier alpha value is -0.490. The van der Waals surface area contributed by atoms with Crippen LogP contribution in [0.3, 0.4) is 0 Å². The van der Waals surface area contributed by atoms with Crippen molar-refractivity contribution in [3.8, 4) is 0 Å². The molecular formula is C23H42O5. The molecule has 0 unspecified atom stereocenters. The van der Waals surface area contributed by atoms with E-state index < -0.39 is 17.3 Å². The second-order valence-corrected chi connectivity index (χ2v) is 9.39. The number of ether oxygens (including phenoxy) is 2. The molecule has 9 atom stereocenters. The Morgan fingerprint density at radius 2 is 1.82 bits per heavy atom. The molecule has 5 heteroatoms. The van der Waals surface area contributed by atoms with Gasteiger partial charge in [-0.15, -0.1) is 0 Å². The van der Waals surface area contributed by atoms with Gasteiger partial charge in [0.1, 0.15) is 5.78 Å². The molecule has 0 amide bonds. The Morgan fingerprint density at radius 1 is 1.18 bits per heavy atom. The summed E-state index contributed by atoms with van der Waals surface area (Å²) in [6.07, 6.45) is 3.49. The average Bonchev–Trinajstić information content (AvgIpc) is 3.01. The predicted molar refractivity (Wildman–Crippen MR) is 110 cm³/mol. The highest BCUT2D eigenvalue weighted by Gasteiger charge is 2.55. The smallest absolute Gasteiger partial charge is 0.143 e. The molecule has 5 nitrogen and oxygen atoms in total. The summed E-state index contributed by atoms with van der Waals surface area (Å²) in [5.41, 5.74) is -1.17. The van der Waals surface area contributed by atoms with E-state index in [4.69, 9.17) is 9.47 Å². The molecule has 28 heavy (non-hydrogen) atoms. The van der Waals surface area contributed by atoms with Gasteiger partial charge in [0.15, 0.2) is 0 Å². The third kappa shape index (κ3) is 4.33. The highest BCUT2D eigenvalue weighted by atomic mass is 16.6. The van der Waals surface area contributed by atoms with Gasteiger partial charge in [-0.1, -0.05) is 34.6 Å². The Bertz CT molecular complexity index is 535. The first-order chi connectivity index (χ1) is 13.0. The van der Waals surface area contributed by atoms with Gasteiger partial charge in [0.25, 0.3) is 0 Å². The van der Waals surface area contributed by atoms with Crippen LogP contribution in [0.2, 0.25) is 0 Å². The maximum absolute atomic E-state index is 13.0. The van der Waals surface area contributed by atoms with Gasteiger partial charge in [-0.2, -0.15) is 0 Å². The Morgan fingerprint density at radius 3 is 2.29 bits per heavy atom. The number of Topliss-reactive ketones (excluding diaryl/α,β-unsaturated/α-hetero) is 1. The van der Waals surface area contributed by atoms with Gasteiger partial charge in [-0.05, 0) is 58.3 Å². The number of carbonyl (C=O) groups excluding carboxylic acids is 1. The van der Waals surface area contributed by atoms with Crippen molar-refractivity contribution in [2.75, 3.05) is 0 Å². The highest BCUT2D eigenvalue weighted by Crippen LogP contribution is 2.48. The number of aliphatic hydroxyl groups is 2. The van der Waals surface area contributed by atoms with E-state index in [0.29, 0.717) is 19.3 Å². The molecule has 2 fully saturated rings. The summed E-state index contributed by atoms with van der Waals surface area (Å²) < 4.78 is 13.0. The van der Waals surface area contributed by atoms with Crippen LogP contribution in [0.5, 0.6) is 0 Å². The first-order valence-corrected chi connectivity index (χ1v) is 11.3. The molecule has 0 aromatic rings. The van der Waals surface area contributed by atoms with Crippen LogP contribution in [0.4, 0.5) is 0 Å². The number of hydrogen-bond donors (Lipinski definition) is 2. The van der Waals surface area contributed by atoms with Gasteiger partial charge in [-0.25, -0.2) is 0 Å². The molecule has 2 N–H and O–H groups in total. The maximum Gasteiger partial charge on any atom is 0.143 e. The van der Waals surface area contributed by atoms with Crippen LogP contribution in [0.15, 0.2) is 0 Å². The molecule has 2 saturated heterocycles. The van der Waals surface area contributed by atoms with Crippen molar-refractivity contribution in [2.24, 2.45) is 17.8 Å². The Kier molecular flexibility index (Phi) is 7.74. The maximum atomic E-state index is 13.0. The Balaban J connectivity index is 2.20. The number of ketones is 1. The molecule has 0 radical (unpaired) electrons. The molecule has 0 spiro atoms. The fraction of sp³-hybridized carbons (Fsp3) is 0.957. The molecule has 2 aliphatic heterocycles. The van der Waals surface area contributed by atoms with E-state index in [2.05, 4.69) is 13.8 Å². The fourth-order valence-electron chi connectivity index (χ4n) is 5.29. The van der Waals surface area contributed by atoms with Gasteiger partial charge in [0.05, 0.1) is 35.6 Å². The molecule has 164 valence electrons. The predicted octanol–water partition coefficient (Wildman–Crippen LogP) is 3.88. The molecule has 2 rings (SSSR count). The normalized spacial score (nSPS) is 42.2. The summed E-state index contributed by atoms with van der Waals surface area (Å²) in [4.78, 5) is 13.0. The van der Waals surface area contributed by atoms with E-state index in [1.165, 1.54) is 0 Å². The van der Waals surface area contributed by atoms with Crippen molar-refractivity contribution in [1.82, 2.24) is 0 Å². The van der Waals surface area contributed by atoms with Crippen LogP contribution in [0.1, 0.15) is 87.0 Å². The van der Waals surface area contributed by atoms with Crippen molar-refractivity contribution in [1.29, 1.82) is 0 Å². The lowest BCUT2D eigenvalue weighted by atomic mass is 9.77. The minimum Gasteiger partial charge on any atom is -0.393 e. The molecule has 0 aromatic carbocycles. The monoisotopic (exact) mass is 398 g/mol. The first kappa shape index (κ1) is 23.8. The molecule has 2 aliphatic rings. The van der Waals surface area contributed by atoms with Crippen LogP contribution in [0.25, 0.3) is 0 Å². The fourth-order valence-corrected chi connectivity index (χ4v) is 5.29. The van der Waals surface area contributed by atoms with Gasteiger partial charge >= 0.3 is 0 Å². The third-order valence-corrected chi connectivity index (χ3v) is 7.74. The molecule has 0 aliphatic carbocycles. The topological polar surface area (TPSA) is 76.0 Å². The number of aliphatic hydroxyl groups excluding tert-OH is 1. The molecule has 2 heterocycles. The van der Waals surface area contributed by atoms with Crippen molar-refractivity contribution in [2.45, 2.75) is 123 Å². The zero-order chi connectivity index (χ0) is 21.3. The summed E-state index contributed by atoms with van der Waals surface area (Å²) in [6, 6.07) is 0. The number of carbonyl (C=O) groups is 1. The molecule has 0 bridgehead atoms. The van der Waals surface area contributed by atoms with Crippen LogP contribution in [-0.4, -0.2) is 51.6 Å². The van der Waals surface area contributed by atoms with E-state index in [0.717, 1.165) is 19.3 Å². The second-order valence-electron chi connectivity index (χ2n) is 9.39. The zero-order valence-electron chi connectivity index (χ0n) is 18.9. The van der Waals surface area contributed by atoms with E-state index in [9.17, 15) is 15.0 Å². The van der Waals surface area contributed by atoms with E-state index in [1.54, 1.807) is 13.8 Å². The van der Waals surface area contributed by atoms with Crippen LogP contribution in [-0.2, 0) is 14.3 Å². The van der Waals surface area contributed by atoms with Gasteiger partial charge < -0.3 is 19.7 Å². The third-order valence-electron chi connectivity index (χ3n) is 7.74. The summed E-state index contributed by atoms with van der Waals surface area (Å²) in [6.45, 7) is 13.8. The lowest BCUT2D eigenvalue weighted by molar-refractivity contribution is -0.229. The van der Waals surface area contributed by atoms with Crippen molar-refractivity contribution in [3.05, 3.63) is 0 Å². The summed E-state index contributed by atoms with van der Waals surface area (Å²) in [5, 5.41) is 20.6. The van der Waals surface area contributed by atoms with Crippen molar-refractivity contribution in [3.63, 3.8) is 0 Å². The molecular weight excluding hydrogens is 356 g/mol. The number of rotatable bonds is 8. The lowest BCUT2D eigenvalue weighted by Gasteiger charge is -2.47. The van der Waals surface area contributed by atoms with E-state index in [-0.39, 0.29) is 41.8 Å². The standard InChI is InChI=1S/C23H42O5/c1-8-18(20(25)15(5)16(6)24)21-14(4)13-23(10-3,28-21)19-11-12-22(26,9-2)17(7)27-19/h14-19,21,24,26H,8-13H2,1-7H3/t14-,15-,16-,17-,18+,19+,21-,22+,23-/m0/s1. The Labute approximate surface area is 171 Å². The lowest BCUT2D eigenvalue weighted by Crippen LogP contribution is -2.55. The van der Waals surface area contributed by atoms with Gasteiger partial charge in [0, 0.05) is 11.8 Å². The molecule has 0 saturated carbocycles. The minimum atomic E-state index is -0.760. The SMILES string of the molecule is CC[C@H](C(=O)[C@@H](C)[C@H](C)O)[C@H]1O[C@](CC)([C@H]2CC[C@](O)(CC)[C@H](C)O2)C[C@@H]1C. The zero-order valence-corrected chi connectivity index (χ0v) is 18.9. The van der Waals surface area contributed by atoms with E-state index in [1.807, 2.05) is 20.8 Å². The van der Waals surface area contributed by atoms with Gasteiger partial charge in [0.2, 0.25) is 0 Å². The summed E-state index contributed by atoms with van der Waals surface area (Å²) >= 11 is 0. The van der Waals surface area contributed by atoms with Crippen LogP contribution in [0, 0.1) is 17.8 Å². The van der Waals surface area contributed by atoms with Crippen LogP contribution >= 0.6 is 0 Å². The minimum absolute atomic E-state index is 0.0615. The van der Waals surface area contributed by atoms with Crippen molar-refractivity contribution >= 4 is 5.78 Å². The summed E-state index contributed by atoms with van der Waals surface area (Å²) in [5.74, 6) is -0.245.